The molecule has 0 N–H and O–H groups in total. The molecule has 0 fully saturated rings. The molecule has 0 radical (unpaired) electrons. The number of aromatic nitrogens is 1. The van der Waals surface area contributed by atoms with E-state index in [1.54, 1.807) is 6.20 Å². The summed E-state index contributed by atoms with van der Waals surface area (Å²) < 4.78 is 0. The van der Waals surface area contributed by atoms with Crippen molar-refractivity contribution in [1.29, 1.82) is 0 Å². The molecular weight excluding hydrogens is 186 g/mol. The summed E-state index contributed by atoms with van der Waals surface area (Å²) in [7, 11) is 0. The van der Waals surface area contributed by atoms with Crippen molar-refractivity contribution in [1.82, 2.24) is 4.98 Å². The molecule has 2 nitrogen and oxygen atoms in total. The number of hydrogen-bond donors (Lipinski definition) is 0. The molecule has 0 spiro atoms. The molecule has 0 amide bonds. The molecule has 0 unspecified atom stereocenters. The van der Waals surface area contributed by atoms with Gasteiger partial charge in [-0.25, -0.2) is 0 Å². The minimum absolute atomic E-state index is 0.235. The monoisotopic (exact) mass is 199 g/mol. The first-order valence-corrected chi connectivity index (χ1v) is 5.15. The number of carbonyl (C=O) groups is 1. The highest BCUT2D eigenvalue weighted by atomic mass is 16.1. The molecule has 0 aliphatic rings. The lowest BCUT2D eigenvalue weighted by Gasteiger charge is -2.03. The Morgan fingerprint density at radius 1 is 1.27 bits per heavy atom. The van der Waals surface area contributed by atoms with Crippen LogP contribution in [-0.2, 0) is 11.2 Å². The molecule has 0 aliphatic heterocycles. The average molecular weight is 199 g/mol. The van der Waals surface area contributed by atoms with Crippen LogP contribution < -0.4 is 0 Å². The van der Waals surface area contributed by atoms with Crippen LogP contribution in [0.15, 0.2) is 36.5 Å². The fraction of sp³-hybridized carbons (Fsp3) is 0.231. The zero-order chi connectivity index (χ0) is 10.7. The van der Waals surface area contributed by atoms with Crippen molar-refractivity contribution < 1.29 is 4.79 Å². The molecule has 0 saturated heterocycles. The molecule has 2 heteroatoms. The Kier molecular flexibility index (Phi) is 2.77. The van der Waals surface area contributed by atoms with Crippen LogP contribution in [0.1, 0.15) is 19.0 Å². The third-order valence-corrected chi connectivity index (χ3v) is 2.52. The summed E-state index contributed by atoms with van der Waals surface area (Å²) in [4.78, 5) is 15.7. The molecule has 76 valence electrons. The molecule has 15 heavy (non-hydrogen) atoms. The summed E-state index contributed by atoms with van der Waals surface area (Å²) >= 11 is 0. The Labute approximate surface area is 89.0 Å². The van der Waals surface area contributed by atoms with Gasteiger partial charge < -0.3 is 0 Å². The van der Waals surface area contributed by atoms with Crippen molar-refractivity contribution in [3.63, 3.8) is 0 Å². The number of benzene rings is 1. The third-order valence-electron chi connectivity index (χ3n) is 2.52. The number of rotatable bonds is 3. The zero-order valence-corrected chi connectivity index (χ0v) is 8.73. The van der Waals surface area contributed by atoms with Gasteiger partial charge in [0, 0.05) is 24.4 Å². The Hall–Kier alpha value is -1.70. The summed E-state index contributed by atoms with van der Waals surface area (Å²) in [5.41, 5.74) is 0.889. The third kappa shape index (κ3) is 2.04. The number of hydrogen-bond acceptors (Lipinski definition) is 2. The number of ketones is 1. The SMILES string of the molecule is CCC(=O)Cc1nccc2ccccc12. The predicted octanol–water partition coefficient (Wildman–Crippen LogP) is 2.76. The van der Waals surface area contributed by atoms with E-state index in [9.17, 15) is 4.79 Å². The van der Waals surface area contributed by atoms with E-state index >= 15 is 0 Å². The van der Waals surface area contributed by atoms with Crippen LogP contribution in [0.4, 0.5) is 0 Å². The van der Waals surface area contributed by atoms with Crippen molar-refractivity contribution >= 4 is 16.6 Å². The lowest BCUT2D eigenvalue weighted by Crippen LogP contribution is -2.02. The van der Waals surface area contributed by atoms with Gasteiger partial charge >= 0.3 is 0 Å². The standard InChI is InChI=1S/C13H13NO/c1-2-11(15)9-13-12-6-4-3-5-10(12)7-8-14-13/h3-8H,2,9H2,1H3. The number of carbonyl (C=O) groups excluding carboxylic acids is 1. The molecule has 0 atom stereocenters. The second kappa shape index (κ2) is 4.22. The molecule has 1 aromatic heterocycles. The van der Waals surface area contributed by atoms with Gasteiger partial charge in [0.15, 0.2) is 0 Å². The highest BCUT2D eigenvalue weighted by Gasteiger charge is 2.05. The Bertz CT molecular complexity index is 485. The van der Waals surface area contributed by atoms with Crippen LogP contribution in [-0.4, -0.2) is 10.8 Å². The molecule has 0 aliphatic carbocycles. The van der Waals surface area contributed by atoms with Crippen LogP contribution in [0.2, 0.25) is 0 Å². The van der Waals surface area contributed by atoms with Gasteiger partial charge in [0.1, 0.15) is 5.78 Å². The smallest absolute Gasteiger partial charge is 0.138 e. The minimum Gasteiger partial charge on any atom is -0.299 e. The summed E-state index contributed by atoms with van der Waals surface area (Å²) in [5, 5.41) is 2.23. The molecule has 2 aromatic rings. The van der Waals surface area contributed by atoms with Gasteiger partial charge in [-0.3, -0.25) is 9.78 Å². The van der Waals surface area contributed by atoms with Gasteiger partial charge in [-0.2, -0.15) is 0 Å². The second-order valence-corrected chi connectivity index (χ2v) is 3.55. The van der Waals surface area contributed by atoms with E-state index in [2.05, 4.69) is 4.98 Å². The predicted molar refractivity (Wildman–Crippen MR) is 60.7 cm³/mol. The van der Waals surface area contributed by atoms with Crippen LogP contribution in [0.25, 0.3) is 10.8 Å². The van der Waals surface area contributed by atoms with E-state index in [0.717, 1.165) is 16.5 Å². The normalized spacial score (nSPS) is 10.5. The Balaban J connectivity index is 2.46. The first kappa shape index (κ1) is 9.84. The van der Waals surface area contributed by atoms with E-state index < -0.39 is 0 Å². The molecule has 0 bridgehead atoms. The first-order valence-electron chi connectivity index (χ1n) is 5.15. The first-order chi connectivity index (χ1) is 7.31. The quantitative estimate of drug-likeness (QED) is 0.760. The fourth-order valence-corrected chi connectivity index (χ4v) is 1.63. The lowest BCUT2D eigenvalue weighted by atomic mass is 10.1. The maximum atomic E-state index is 11.4. The summed E-state index contributed by atoms with van der Waals surface area (Å²) in [6.45, 7) is 1.88. The van der Waals surface area contributed by atoms with Crippen LogP contribution in [0, 0.1) is 0 Å². The van der Waals surface area contributed by atoms with Crippen LogP contribution >= 0.6 is 0 Å². The largest absolute Gasteiger partial charge is 0.299 e. The average Bonchev–Trinajstić information content (AvgIpc) is 2.29. The van der Waals surface area contributed by atoms with Gasteiger partial charge in [0.05, 0.1) is 5.69 Å². The number of pyridine rings is 1. The summed E-state index contributed by atoms with van der Waals surface area (Å²) in [6, 6.07) is 9.99. The van der Waals surface area contributed by atoms with Gasteiger partial charge in [-0.05, 0) is 11.5 Å². The van der Waals surface area contributed by atoms with Crippen LogP contribution in [0.3, 0.4) is 0 Å². The maximum absolute atomic E-state index is 11.4. The highest BCUT2D eigenvalue weighted by molar-refractivity contribution is 5.89. The van der Waals surface area contributed by atoms with Gasteiger partial charge in [-0.1, -0.05) is 31.2 Å². The summed E-state index contributed by atoms with van der Waals surface area (Å²) in [6.07, 6.45) is 2.78. The molecule has 1 heterocycles. The topological polar surface area (TPSA) is 30.0 Å². The molecule has 0 saturated carbocycles. The lowest BCUT2D eigenvalue weighted by molar-refractivity contribution is -0.118. The maximum Gasteiger partial charge on any atom is 0.138 e. The van der Waals surface area contributed by atoms with Crippen molar-refractivity contribution in [3.8, 4) is 0 Å². The minimum atomic E-state index is 0.235. The fourth-order valence-electron chi connectivity index (χ4n) is 1.63. The van der Waals surface area contributed by atoms with Gasteiger partial charge in [-0.15, -0.1) is 0 Å². The van der Waals surface area contributed by atoms with E-state index in [0.29, 0.717) is 12.8 Å². The second-order valence-electron chi connectivity index (χ2n) is 3.55. The van der Waals surface area contributed by atoms with E-state index in [-0.39, 0.29) is 5.78 Å². The van der Waals surface area contributed by atoms with Crippen molar-refractivity contribution in [2.24, 2.45) is 0 Å². The molecular formula is C13H13NO. The Morgan fingerprint density at radius 2 is 2.07 bits per heavy atom. The van der Waals surface area contributed by atoms with Gasteiger partial charge in [0.2, 0.25) is 0 Å². The highest BCUT2D eigenvalue weighted by Crippen LogP contribution is 2.16. The van der Waals surface area contributed by atoms with E-state index in [1.807, 2.05) is 37.3 Å². The molecule has 1 aromatic carbocycles. The summed E-state index contributed by atoms with van der Waals surface area (Å²) in [5.74, 6) is 0.235. The zero-order valence-electron chi connectivity index (χ0n) is 8.73. The van der Waals surface area contributed by atoms with Gasteiger partial charge in [0.25, 0.3) is 0 Å². The van der Waals surface area contributed by atoms with Crippen molar-refractivity contribution in [2.75, 3.05) is 0 Å². The van der Waals surface area contributed by atoms with Crippen molar-refractivity contribution in [2.45, 2.75) is 19.8 Å². The van der Waals surface area contributed by atoms with Crippen molar-refractivity contribution in [3.05, 3.63) is 42.2 Å². The number of Topliss-reactive ketones (excluding diaryl/α,β-unsaturated/α-hetero) is 1. The van der Waals surface area contributed by atoms with E-state index in [1.165, 1.54) is 0 Å². The Morgan fingerprint density at radius 3 is 2.87 bits per heavy atom. The van der Waals surface area contributed by atoms with Crippen LogP contribution in [0.5, 0.6) is 0 Å². The molecule has 2 rings (SSSR count). The number of fused-ring (bicyclic) bond motifs is 1. The number of nitrogens with zero attached hydrogens (tertiary/aromatic N) is 1. The van der Waals surface area contributed by atoms with E-state index in [4.69, 9.17) is 0 Å².